The van der Waals surface area contributed by atoms with Crippen LogP contribution in [0, 0.1) is 0 Å². The lowest BCUT2D eigenvalue weighted by Crippen LogP contribution is -2.05. The average molecular weight is 212 g/mol. The zero-order valence-corrected chi connectivity index (χ0v) is 9.14. The molecule has 0 fully saturated rings. The molecule has 5 heteroatoms. The van der Waals surface area contributed by atoms with Gasteiger partial charge in [0.2, 0.25) is 5.88 Å². The van der Waals surface area contributed by atoms with Crippen LogP contribution in [0.5, 0.6) is 5.88 Å². The number of methoxy groups -OCH3 is 1. The highest BCUT2D eigenvalue weighted by Crippen LogP contribution is 2.28. The summed E-state index contributed by atoms with van der Waals surface area (Å²) in [4.78, 5) is 16.0. The predicted octanol–water partition coefficient (Wildman–Crippen LogP) is 1.60. The van der Waals surface area contributed by atoms with Crippen LogP contribution in [-0.2, 0) is 0 Å². The molecule has 1 heterocycles. The van der Waals surface area contributed by atoms with Crippen molar-refractivity contribution in [3.63, 3.8) is 0 Å². The van der Waals surface area contributed by atoms with Crippen molar-refractivity contribution in [2.45, 2.75) is 11.8 Å². The lowest BCUT2D eigenvalue weighted by molar-refractivity contribution is 0.101. The van der Waals surface area contributed by atoms with E-state index < -0.39 is 0 Å². The Kier molecular flexibility index (Phi) is 3.35. The summed E-state index contributed by atoms with van der Waals surface area (Å²) in [6, 6.07) is 1.70. The molecule has 2 N–H and O–H groups in total. The first-order valence-corrected chi connectivity index (χ1v) is 5.22. The van der Waals surface area contributed by atoms with Crippen LogP contribution in [0.15, 0.2) is 11.0 Å². The molecule has 0 unspecified atom stereocenters. The van der Waals surface area contributed by atoms with Gasteiger partial charge >= 0.3 is 0 Å². The number of aromatic nitrogens is 1. The van der Waals surface area contributed by atoms with Crippen molar-refractivity contribution in [3.8, 4) is 5.88 Å². The van der Waals surface area contributed by atoms with E-state index in [9.17, 15) is 4.79 Å². The summed E-state index contributed by atoms with van der Waals surface area (Å²) in [6.07, 6.45) is 1.90. The van der Waals surface area contributed by atoms with E-state index >= 15 is 0 Å². The molecule has 0 aliphatic rings. The van der Waals surface area contributed by atoms with Gasteiger partial charge in [0.1, 0.15) is 5.69 Å². The van der Waals surface area contributed by atoms with E-state index in [1.165, 1.54) is 25.8 Å². The van der Waals surface area contributed by atoms with Gasteiger partial charge in [-0.25, -0.2) is 4.98 Å². The summed E-state index contributed by atoms with van der Waals surface area (Å²) in [5.74, 6) is 0.283. The number of anilines is 1. The fourth-order valence-corrected chi connectivity index (χ4v) is 1.62. The summed E-state index contributed by atoms with van der Waals surface area (Å²) in [6.45, 7) is 1.43. The Bertz CT molecular complexity index is 366. The summed E-state index contributed by atoms with van der Waals surface area (Å²) in [5.41, 5.74) is 6.32. The molecule has 1 aromatic rings. The van der Waals surface area contributed by atoms with Gasteiger partial charge in [0.05, 0.1) is 17.7 Å². The van der Waals surface area contributed by atoms with Crippen molar-refractivity contribution in [2.75, 3.05) is 19.1 Å². The van der Waals surface area contributed by atoms with Crippen molar-refractivity contribution >= 4 is 23.2 Å². The molecule has 0 radical (unpaired) electrons. The van der Waals surface area contributed by atoms with Gasteiger partial charge in [0.15, 0.2) is 5.78 Å². The smallest absolute Gasteiger partial charge is 0.227 e. The molecule has 1 aromatic heterocycles. The van der Waals surface area contributed by atoms with E-state index in [1.807, 2.05) is 6.26 Å². The van der Waals surface area contributed by atoms with Gasteiger partial charge in [-0.05, 0) is 12.3 Å². The minimum atomic E-state index is -0.159. The van der Waals surface area contributed by atoms with Crippen LogP contribution in [0.3, 0.4) is 0 Å². The van der Waals surface area contributed by atoms with E-state index in [0.29, 0.717) is 11.6 Å². The molecule has 0 aliphatic carbocycles. The van der Waals surface area contributed by atoms with E-state index in [0.717, 1.165) is 4.90 Å². The zero-order chi connectivity index (χ0) is 10.7. The van der Waals surface area contributed by atoms with E-state index in [-0.39, 0.29) is 11.5 Å². The first kappa shape index (κ1) is 10.8. The number of ether oxygens (including phenoxy) is 1. The average Bonchev–Trinajstić information content (AvgIpc) is 2.16. The number of pyridine rings is 1. The van der Waals surface area contributed by atoms with Crippen LogP contribution >= 0.6 is 11.8 Å². The molecule has 0 spiro atoms. The first-order chi connectivity index (χ1) is 6.60. The van der Waals surface area contributed by atoms with E-state index in [4.69, 9.17) is 10.5 Å². The molecule has 14 heavy (non-hydrogen) atoms. The Morgan fingerprint density at radius 1 is 1.64 bits per heavy atom. The number of nitrogens with zero attached hydrogens (tertiary/aromatic N) is 1. The Morgan fingerprint density at radius 3 is 2.71 bits per heavy atom. The maximum atomic E-state index is 11.1. The van der Waals surface area contributed by atoms with Gasteiger partial charge in [0, 0.05) is 6.92 Å². The molecule has 1 rings (SSSR count). The third kappa shape index (κ3) is 1.98. The van der Waals surface area contributed by atoms with Gasteiger partial charge in [-0.15, -0.1) is 11.8 Å². The second-order valence-electron chi connectivity index (χ2n) is 2.69. The van der Waals surface area contributed by atoms with Crippen molar-refractivity contribution in [2.24, 2.45) is 0 Å². The van der Waals surface area contributed by atoms with Crippen LogP contribution in [0.25, 0.3) is 0 Å². The standard InChI is InChI=1S/C9H12N2O2S/c1-5(12)8-6(10)4-7(14-3)9(11-8)13-2/h4H,10H2,1-3H3. The topological polar surface area (TPSA) is 65.2 Å². The summed E-state index contributed by atoms with van der Waals surface area (Å²) in [7, 11) is 1.52. The number of rotatable bonds is 3. The van der Waals surface area contributed by atoms with Crippen LogP contribution in [0.1, 0.15) is 17.4 Å². The van der Waals surface area contributed by atoms with Crippen molar-refractivity contribution in [1.29, 1.82) is 0 Å². The number of hydrogen-bond acceptors (Lipinski definition) is 5. The Balaban J connectivity index is 3.30. The molecular weight excluding hydrogens is 200 g/mol. The monoisotopic (exact) mass is 212 g/mol. The Labute approximate surface area is 86.8 Å². The maximum absolute atomic E-state index is 11.1. The predicted molar refractivity (Wildman–Crippen MR) is 57.0 cm³/mol. The van der Waals surface area contributed by atoms with Crippen LogP contribution in [0.2, 0.25) is 0 Å². The number of nitrogen functional groups attached to an aromatic ring is 1. The highest BCUT2D eigenvalue weighted by molar-refractivity contribution is 7.98. The minimum Gasteiger partial charge on any atom is -0.480 e. The minimum absolute atomic E-state index is 0.159. The third-order valence-corrected chi connectivity index (χ3v) is 2.46. The molecule has 76 valence electrons. The molecule has 4 nitrogen and oxygen atoms in total. The van der Waals surface area contributed by atoms with Crippen LogP contribution in [-0.4, -0.2) is 24.1 Å². The van der Waals surface area contributed by atoms with Crippen molar-refractivity contribution in [3.05, 3.63) is 11.8 Å². The number of hydrogen-bond donors (Lipinski definition) is 1. The molecule has 0 aliphatic heterocycles. The summed E-state index contributed by atoms with van der Waals surface area (Å²) < 4.78 is 5.04. The number of carbonyl (C=O) groups is 1. The van der Waals surface area contributed by atoms with Crippen LogP contribution < -0.4 is 10.5 Å². The number of nitrogens with two attached hydrogens (primary N) is 1. The second-order valence-corrected chi connectivity index (χ2v) is 3.54. The number of ketones is 1. The fraction of sp³-hybridized carbons (Fsp3) is 0.333. The normalized spacial score (nSPS) is 9.93. The van der Waals surface area contributed by atoms with E-state index in [1.54, 1.807) is 6.07 Å². The summed E-state index contributed by atoms with van der Waals surface area (Å²) in [5, 5.41) is 0. The molecular formula is C9H12N2O2S. The fourth-order valence-electron chi connectivity index (χ4n) is 1.07. The molecule has 0 atom stereocenters. The van der Waals surface area contributed by atoms with E-state index in [2.05, 4.69) is 4.98 Å². The SMILES string of the molecule is COc1nc(C(C)=O)c(N)cc1SC. The van der Waals surface area contributed by atoms with Gasteiger partial charge in [-0.2, -0.15) is 0 Å². The second kappa shape index (κ2) is 4.32. The number of carbonyl (C=O) groups excluding carboxylic acids is 1. The number of thioether (sulfide) groups is 1. The highest BCUT2D eigenvalue weighted by atomic mass is 32.2. The van der Waals surface area contributed by atoms with Crippen LogP contribution in [0.4, 0.5) is 5.69 Å². The molecule has 0 amide bonds. The lowest BCUT2D eigenvalue weighted by Gasteiger charge is -2.08. The Hall–Kier alpha value is -1.23. The lowest BCUT2D eigenvalue weighted by atomic mass is 10.2. The van der Waals surface area contributed by atoms with Crippen molar-refractivity contribution in [1.82, 2.24) is 4.98 Å². The highest BCUT2D eigenvalue weighted by Gasteiger charge is 2.12. The molecule has 0 saturated carbocycles. The maximum Gasteiger partial charge on any atom is 0.227 e. The molecule has 0 bridgehead atoms. The molecule has 0 aromatic carbocycles. The number of Topliss-reactive ketones (excluding diaryl/α,β-unsaturated/α-hetero) is 1. The van der Waals surface area contributed by atoms with Gasteiger partial charge in [-0.3, -0.25) is 4.79 Å². The van der Waals surface area contributed by atoms with Gasteiger partial charge in [-0.1, -0.05) is 0 Å². The zero-order valence-electron chi connectivity index (χ0n) is 8.33. The summed E-state index contributed by atoms with van der Waals surface area (Å²) >= 11 is 1.48. The van der Waals surface area contributed by atoms with Crippen molar-refractivity contribution < 1.29 is 9.53 Å². The largest absolute Gasteiger partial charge is 0.480 e. The first-order valence-electron chi connectivity index (χ1n) is 3.99. The molecule has 0 saturated heterocycles. The third-order valence-electron chi connectivity index (χ3n) is 1.73. The van der Waals surface area contributed by atoms with Gasteiger partial charge in [0.25, 0.3) is 0 Å². The quantitative estimate of drug-likeness (QED) is 0.609. The Morgan fingerprint density at radius 2 is 2.29 bits per heavy atom. The van der Waals surface area contributed by atoms with Gasteiger partial charge < -0.3 is 10.5 Å².